The fraction of sp³-hybridized carbons (Fsp3) is 0.286. The summed E-state index contributed by atoms with van der Waals surface area (Å²) in [7, 11) is 0. The van der Waals surface area contributed by atoms with Crippen molar-refractivity contribution in [1.82, 2.24) is 10.3 Å². The van der Waals surface area contributed by atoms with E-state index in [9.17, 15) is 4.79 Å². The Hall–Kier alpha value is -1.68. The van der Waals surface area contributed by atoms with Crippen LogP contribution >= 0.6 is 11.3 Å². The lowest BCUT2D eigenvalue weighted by Crippen LogP contribution is -2.28. The van der Waals surface area contributed by atoms with Crippen molar-refractivity contribution in [1.29, 1.82) is 0 Å². The highest BCUT2D eigenvalue weighted by Gasteiger charge is 2.16. The van der Waals surface area contributed by atoms with Crippen LogP contribution in [-0.2, 0) is 0 Å². The number of hydrogen-bond acceptors (Lipinski definition) is 3. The van der Waals surface area contributed by atoms with E-state index in [0.29, 0.717) is 5.56 Å². The van der Waals surface area contributed by atoms with E-state index in [1.807, 2.05) is 49.6 Å². The molecule has 0 aliphatic rings. The monoisotopic (exact) mass is 260 g/mol. The van der Waals surface area contributed by atoms with Crippen molar-refractivity contribution in [2.45, 2.75) is 26.3 Å². The molecule has 0 fully saturated rings. The van der Waals surface area contributed by atoms with Crippen molar-refractivity contribution in [3.63, 3.8) is 0 Å². The Morgan fingerprint density at radius 2 is 2.11 bits per heavy atom. The molecule has 1 heterocycles. The number of amides is 1. The quantitative estimate of drug-likeness (QED) is 0.916. The van der Waals surface area contributed by atoms with E-state index in [2.05, 4.69) is 10.3 Å². The predicted octanol–water partition coefficient (Wildman–Crippen LogP) is 3.33. The first-order chi connectivity index (χ1) is 8.70. The molecule has 0 saturated carbocycles. The fourth-order valence-corrected chi connectivity index (χ4v) is 2.63. The van der Waals surface area contributed by atoms with Gasteiger partial charge in [0.1, 0.15) is 5.01 Å². The van der Waals surface area contributed by atoms with Gasteiger partial charge in [0, 0.05) is 16.6 Å². The summed E-state index contributed by atoms with van der Waals surface area (Å²) in [4.78, 5) is 16.5. The Morgan fingerprint density at radius 1 is 1.39 bits per heavy atom. The second-order valence-electron chi connectivity index (χ2n) is 4.13. The van der Waals surface area contributed by atoms with Crippen molar-refractivity contribution < 1.29 is 4.79 Å². The van der Waals surface area contributed by atoms with Gasteiger partial charge in [-0.15, -0.1) is 11.3 Å². The first-order valence-electron chi connectivity index (χ1n) is 5.98. The first-order valence-corrected chi connectivity index (χ1v) is 6.86. The van der Waals surface area contributed by atoms with Gasteiger partial charge in [-0.1, -0.05) is 25.1 Å². The van der Waals surface area contributed by atoms with Crippen LogP contribution in [0.3, 0.4) is 0 Å². The minimum absolute atomic E-state index is 0.00333. The van der Waals surface area contributed by atoms with Crippen molar-refractivity contribution >= 4 is 17.2 Å². The number of carbonyl (C=O) groups excluding carboxylic acids is 1. The smallest absolute Gasteiger partial charge is 0.251 e. The average molecular weight is 260 g/mol. The second kappa shape index (κ2) is 5.78. The molecular weight excluding hydrogens is 244 g/mol. The van der Waals surface area contributed by atoms with Gasteiger partial charge in [-0.2, -0.15) is 0 Å². The van der Waals surface area contributed by atoms with Crippen LogP contribution in [0.2, 0.25) is 0 Å². The Morgan fingerprint density at radius 3 is 2.67 bits per heavy atom. The number of hydrogen-bond donors (Lipinski definition) is 1. The summed E-state index contributed by atoms with van der Waals surface area (Å²) >= 11 is 1.59. The van der Waals surface area contributed by atoms with E-state index in [0.717, 1.165) is 17.1 Å². The summed E-state index contributed by atoms with van der Waals surface area (Å²) in [5.41, 5.74) is 1.69. The molecule has 1 amide bonds. The Balaban J connectivity index is 2.10. The summed E-state index contributed by atoms with van der Waals surface area (Å²) in [5, 5.41) is 6.00. The summed E-state index contributed by atoms with van der Waals surface area (Å²) in [6.45, 7) is 4.01. The maximum Gasteiger partial charge on any atom is 0.251 e. The molecule has 2 aromatic rings. The maximum absolute atomic E-state index is 12.1. The summed E-state index contributed by atoms with van der Waals surface area (Å²) in [5.74, 6) is -0.0460. The molecule has 18 heavy (non-hydrogen) atoms. The highest BCUT2D eigenvalue weighted by atomic mass is 32.1. The van der Waals surface area contributed by atoms with Gasteiger partial charge in [-0.3, -0.25) is 4.79 Å². The predicted molar refractivity (Wildman–Crippen MR) is 73.8 cm³/mol. The van der Waals surface area contributed by atoms with E-state index in [1.165, 1.54) is 0 Å². The summed E-state index contributed by atoms with van der Waals surface area (Å²) in [6.07, 6.45) is 0.839. The standard InChI is InChI=1S/C14H16N2OS/c1-3-12(14-15-10(2)9-18-14)16-13(17)11-7-5-4-6-8-11/h4-9,12H,3H2,1-2H3,(H,16,17)/t12-/m1/s1. The Bertz CT molecular complexity index is 522. The molecule has 2 rings (SSSR count). The van der Waals surface area contributed by atoms with Gasteiger partial charge >= 0.3 is 0 Å². The van der Waals surface area contributed by atoms with E-state index in [4.69, 9.17) is 0 Å². The summed E-state index contributed by atoms with van der Waals surface area (Å²) < 4.78 is 0. The highest BCUT2D eigenvalue weighted by Crippen LogP contribution is 2.21. The van der Waals surface area contributed by atoms with Crippen LogP contribution in [0, 0.1) is 6.92 Å². The van der Waals surface area contributed by atoms with Gasteiger partial charge in [-0.05, 0) is 25.5 Å². The molecule has 4 heteroatoms. The lowest BCUT2D eigenvalue weighted by Gasteiger charge is -2.14. The van der Waals surface area contributed by atoms with Crippen molar-refractivity contribution in [2.75, 3.05) is 0 Å². The first kappa shape index (κ1) is 12.8. The van der Waals surface area contributed by atoms with Crippen LogP contribution in [0.4, 0.5) is 0 Å². The van der Waals surface area contributed by atoms with Crippen LogP contribution in [0.5, 0.6) is 0 Å². The van der Waals surface area contributed by atoms with Crippen molar-refractivity contribution in [3.05, 3.63) is 52.0 Å². The number of aromatic nitrogens is 1. The van der Waals surface area contributed by atoms with Crippen molar-refractivity contribution in [3.8, 4) is 0 Å². The molecule has 1 aromatic carbocycles. The number of carbonyl (C=O) groups is 1. The molecule has 0 aliphatic heterocycles. The third-order valence-corrected chi connectivity index (χ3v) is 3.76. The van der Waals surface area contributed by atoms with Crippen LogP contribution in [0.1, 0.15) is 40.4 Å². The zero-order valence-electron chi connectivity index (χ0n) is 10.5. The van der Waals surface area contributed by atoms with Crippen LogP contribution in [0.25, 0.3) is 0 Å². The fourth-order valence-electron chi connectivity index (χ4n) is 1.70. The van der Waals surface area contributed by atoms with Crippen LogP contribution in [0.15, 0.2) is 35.7 Å². The number of aryl methyl sites for hydroxylation is 1. The third kappa shape index (κ3) is 2.96. The normalized spacial score (nSPS) is 12.1. The summed E-state index contributed by atoms with van der Waals surface area (Å²) in [6, 6.07) is 9.26. The molecule has 0 bridgehead atoms. The molecule has 0 spiro atoms. The van der Waals surface area contributed by atoms with Crippen LogP contribution < -0.4 is 5.32 Å². The van der Waals surface area contributed by atoms with Gasteiger partial charge in [0.05, 0.1) is 6.04 Å². The number of nitrogens with zero attached hydrogens (tertiary/aromatic N) is 1. The Kier molecular flexibility index (Phi) is 4.10. The SMILES string of the molecule is CC[C@@H](NC(=O)c1ccccc1)c1nc(C)cs1. The van der Waals surface area contributed by atoms with Gasteiger partial charge in [0.15, 0.2) is 0 Å². The topological polar surface area (TPSA) is 42.0 Å². The van der Waals surface area contributed by atoms with Crippen LogP contribution in [-0.4, -0.2) is 10.9 Å². The van der Waals surface area contributed by atoms with E-state index < -0.39 is 0 Å². The maximum atomic E-state index is 12.1. The molecule has 0 saturated heterocycles. The number of thiazole rings is 1. The van der Waals surface area contributed by atoms with E-state index in [1.54, 1.807) is 11.3 Å². The third-order valence-electron chi connectivity index (χ3n) is 2.68. The average Bonchev–Trinajstić information content (AvgIpc) is 2.83. The minimum Gasteiger partial charge on any atom is -0.343 e. The number of benzene rings is 1. The van der Waals surface area contributed by atoms with E-state index in [-0.39, 0.29) is 11.9 Å². The molecule has 0 unspecified atom stereocenters. The Labute approximate surface area is 111 Å². The molecular formula is C14H16N2OS. The molecule has 0 radical (unpaired) electrons. The molecule has 1 N–H and O–H groups in total. The molecule has 1 atom stereocenters. The molecule has 1 aromatic heterocycles. The van der Waals surface area contributed by atoms with Gasteiger partial charge in [0.2, 0.25) is 0 Å². The van der Waals surface area contributed by atoms with Crippen molar-refractivity contribution in [2.24, 2.45) is 0 Å². The number of rotatable bonds is 4. The highest BCUT2D eigenvalue weighted by molar-refractivity contribution is 7.09. The molecule has 0 aliphatic carbocycles. The largest absolute Gasteiger partial charge is 0.343 e. The lowest BCUT2D eigenvalue weighted by molar-refractivity contribution is 0.0935. The van der Waals surface area contributed by atoms with Gasteiger partial charge < -0.3 is 5.32 Å². The zero-order chi connectivity index (χ0) is 13.0. The zero-order valence-corrected chi connectivity index (χ0v) is 11.3. The van der Waals surface area contributed by atoms with E-state index >= 15 is 0 Å². The second-order valence-corrected chi connectivity index (χ2v) is 5.02. The number of nitrogens with one attached hydrogen (secondary N) is 1. The van der Waals surface area contributed by atoms with Gasteiger partial charge in [-0.25, -0.2) is 4.98 Å². The minimum atomic E-state index is -0.0460. The molecule has 94 valence electrons. The molecule has 3 nitrogen and oxygen atoms in total. The van der Waals surface area contributed by atoms with Gasteiger partial charge in [0.25, 0.3) is 5.91 Å². The lowest BCUT2D eigenvalue weighted by atomic mass is 10.2.